The number of amides is 2. The second-order valence-corrected chi connectivity index (χ2v) is 7.88. The first-order valence-electron chi connectivity index (χ1n) is 9.18. The summed E-state index contributed by atoms with van der Waals surface area (Å²) in [5.74, 6) is -0.676. The average Bonchev–Trinajstić information content (AvgIpc) is 3.14. The molecular formula is C23H19FN2O2S. The van der Waals surface area contributed by atoms with Crippen molar-refractivity contribution in [3.8, 4) is 5.69 Å². The fourth-order valence-corrected chi connectivity index (χ4v) is 4.29. The first-order valence-corrected chi connectivity index (χ1v) is 10.00. The fourth-order valence-electron chi connectivity index (χ4n) is 3.46. The lowest BCUT2D eigenvalue weighted by Gasteiger charge is -2.12. The molecule has 1 saturated heterocycles. The molecule has 2 amide bonds. The van der Waals surface area contributed by atoms with Crippen molar-refractivity contribution in [2.75, 3.05) is 0 Å². The first-order chi connectivity index (χ1) is 13.9. The van der Waals surface area contributed by atoms with Crippen LogP contribution in [0.25, 0.3) is 11.8 Å². The van der Waals surface area contributed by atoms with Crippen LogP contribution < -0.4 is 0 Å². The van der Waals surface area contributed by atoms with Gasteiger partial charge in [0.1, 0.15) is 5.82 Å². The molecule has 4 nitrogen and oxygen atoms in total. The predicted molar refractivity (Wildman–Crippen MR) is 113 cm³/mol. The molecule has 0 saturated carbocycles. The van der Waals surface area contributed by atoms with Gasteiger partial charge in [-0.1, -0.05) is 30.3 Å². The van der Waals surface area contributed by atoms with Crippen LogP contribution in [0.1, 0.15) is 22.5 Å². The van der Waals surface area contributed by atoms with Crippen molar-refractivity contribution in [1.82, 2.24) is 9.47 Å². The molecule has 6 heteroatoms. The number of aromatic nitrogens is 1. The van der Waals surface area contributed by atoms with Crippen LogP contribution in [0.2, 0.25) is 0 Å². The zero-order valence-electron chi connectivity index (χ0n) is 16.1. The van der Waals surface area contributed by atoms with Crippen LogP contribution in [0, 0.1) is 19.7 Å². The molecule has 0 atom stereocenters. The molecule has 0 unspecified atom stereocenters. The van der Waals surface area contributed by atoms with Crippen molar-refractivity contribution in [1.29, 1.82) is 0 Å². The number of para-hydroxylation sites is 1. The van der Waals surface area contributed by atoms with Crippen LogP contribution in [0.3, 0.4) is 0 Å². The van der Waals surface area contributed by atoms with E-state index < -0.39 is 0 Å². The van der Waals surface area contributed by atoms with Gasteiger partial charge in [0.25, 0.3) is 11.1 Å². The standard InChI is InChI=1S/C23H19FN2O2S/c1-15-12-18(16(2)26(15)20-6-4-3-5-7-20)13-21-22(27)25(23(28)29-21)14-17-8-10-19(24)11-9-17/h3-13H,14H2,1-2H3/b21-13-. The Morgan fingerprint density at radius 2 is 1.69 bits per heavy atom. The van der Waals surface area contributed by atoms with Gasteiger partial charge in [-0.2, -0.15) is 0 Å². The van der Waals surface area contributed by atoms with Crippen molar-refractivity contribution >= 4 is 29.0 Å². The Balaban J connectivity index is 1.62. The molecule has 2 aromatic carbocycles. The molecular weight excluding hydrogens is 387 g/mol. The second-order valence-electron chi connectivity index (χ2n) is 6.89. The van der Waals surface area contributed by atoms with Crippen LogP contribution >= 0.6 is 11.8 Å². The Morgan fingerprint density at radius 1 is 1.00 bits per heavy atom. The monoisotopic (exact) mass is 406 g/mol. The van der Waals surface area contributed by atoms with Crippen molar-refractivity contribution in [3.05, 3.63) is 93.9 Å². The van der Waals surface area contributed by atoms with Gasteiger partial charge in [0.05, 0.1) is 11.4 Å². The molecule has 3 aromatic rings. The summed E-state index contributed by atoms with van der Waals surface area (Å²) in [7, 11) is 0. The zero-order valence-corrected chi connectivity index (χ0v) is 16.9. The minimum atomic E-state index is -0.350. The summed E-state index contributed by atoms with van der Waals surface area (Å²) >= 11 is 0.934. The Labute approximate surface area is 172 Å². The third kappa shape index (κ3) is 3.76. The molecule has 1 aliphatic rings. The number of rotatable bonds is 4. The number of hydrogen-bond acceptors (Lipinski definition) is 3. The van der Waals surface area contributed by atoms with Crippen LogP contribution in [0.5, 0.6) is 0 Å². The van der Waals surface area contributed by atoms with Crippen LogP contribution in [0.4, 0.5) is 9.18 Å². The number of carbonyl (C=O) groups is 2. The number of benzene rings is 2. The van der Waals surface area contributed by atoms with Gasteiger partial charge in [-0.25, -0.2) is 4.39 Å². The van der Waals surface area contributed by atoms with Gasteiger partial charge in [-0.15, -0.1) is 0 Å². The topological polar surface area (TPSA) is 42.3 Å². The molecule has 1 fully saturated rings. The molecule has 4 rings (SSSR count). The highest BCUT2D eigenvalue weighted by Gasteiger charge is 2.35. The third-order valence-corrected chi connectivity index (χ3v) is 5.81. The molecule has 0 bridgehead atoms. The first kappa shape index (κ1) is 19.2. The lowest BCUT2D eigenvalue weighted by atomic mass is 10.2. The lowest BCUT2D eigenvalue weighted by Crippen LogP contribution is -2.27. The molecule has 0 radical (unpaired) electrons. The largest absolute Gasteiger partial charge is 0.318 e. The molecule has 2 heterocycles. The Morgan fingerprint density at radius 3 is 2.38 bits per heavy atom. The second kappa shape index (κ2) is 7.72. The number of thioether (sulfide) groups is 1. The van der Waals surface area contributed by atoms with Gasteiger partial charge in [0.15, 0.2) is 0 Å². The van der Waals surface area contributed by atoms with E-state index in [4.69, 9.17) is 0 Å². The van der Waals surface area contributed by atoms with E-state index in [0.29, 0.717) is 10.5 Å². The van der Waals surface area contributed by atoms with E-state index >= 15 is 0 Å². The van der Waals surface area contributed by atoms with E-state index in [9.17, 15) is 14.0 Å². The summed E-state index contributed by atoms with van der Waals surface area (Å²) in [6, 6.07) is 17.8. The number of hydrogen-bond donors (Lipinski definition) is 0. The molecule has 1 aromatic heterocycles. The van der Waals surface area contributed by atoms with Crippen molar-refractivity contribution in [3.63, 3.8) is 0 Å². The highest BCUT2D eigenvalue weighted by molar-refractivity contribution is 8.18. The Kier molecular flexibility index (Phi) is 5.11. The molecule has 0 N–H and O–H groups in total. The van der Waals surface area contributed by atoms with Crippen LogP contribution in [-0.4, -0.2) is 20.6 Å². The lowest BCUT2D eigenvalue weighted by molar-refractivity contribution is -0.123. The molecule has 29 heavy (non-hydrogen) atoms. The van der Waals surface area contributed by atoms with E-state index in [0.717, 1.165) is 34.4 Å². The number of imide groups is 1. The van der Waals surface area contributed by atoms with Gasteiger partial charge < -0.3 is 4.57 Å². The van der Waals surface area contributed by atoms with E-state index in [1.54, 1.807) is 18.2 Å². The summed E-state index contributed by atoms with van der Waals surface area (Å²) in [5.41, 5.74) is 4.70. The third-order valence-electron chi connectivity index (χ3n) is 4.90. The number of aryl methyl sites for hydroxylation is 1. The van der Waals surface area contributed by atoms with Crippen molar-refractivity contribution in [2.45, 2.75) is 20.4 Å². The van der Waals surface area contributed by atoms with Crippen molar-refractivity contribution < 1.29 is 14.0 Å². The zero-order chi connectivity index (χ0) is 20.5. The van der Waals surface area contributed by atoms with Crippen LogP contribution in [-0.2, 0) is 11.3 Å². The van der Waals surface area contributed by atoms with Crippen LogP contribution in [0.15, 0.2) is 65.6 Å². The Hall–Kier alpha value is -3.12. The van der Waals surface area contributed by atoms with Gasteiger partial charge >= 0.3 is 0 Å². The summed E-state index contributed by atoms with van der Waals surface area (Å²) in [6.07, 6.45) is 1.78. The minimum Gasteiger partial charge on any atom is -0.318 e. The summed E-state index contributed by atoms with van der Waals surface area (Å²) in [5, 5.41) is -0.317. The van der Waals surface area contributed by atoms with E-state index in [1.807, 2.05) is 50.2 Å². The quantitative estimate of drug-likeness (QED) is 0.540. The normalized spacial score (nSPS) is 15.6. The van der Waals surface area contributed by atoms with Gasteiger partial charge in [-0.3, -0.25) is 14.5 Å². The van der Waals surface area contributed by atoms with E-state index in [-0.39, 0.29) is 23.5 Å². The highest BCUT2D eigenvalue weighted by Crippen LogP contribution is 2.34. The summed E-state index contributed by atoms with van der Waals surface area (Å²) < 4.78 is 15.2. The van der Waals surface area contributed by atoms with Gasteiger partial charge in [0.2, 0.25) is 0 Å². The maximum atomic E-state index is 13.1. The summed E-state index contributed by atoms with van der Waals surface area (Å²) in [4.78, 5) is 26.8. The Bertz CT molecular complexity index is 1120. The number of carbonyl (C=O) groups excluding carboxylic acids is 2. The predicted octanol–water partition coefficient (Wildman–Crippen LogP) is 5.47. The summed E-state index contributed by atoms with van der Waals surface area (Å²) in [6.45, 7) is 4.14. The van der Waals surface area contributed by atoms with E-state index in [2.05, 4.69) is 4.57 Å². The van der Waals surface area contributed by atoms with Crippen molar-refractivity contribution in [2.24, 2.45) is 0 Å². The minimum absolute atomic E-state index is 0.130. The molecule has 1 aliphatic heterocycles. The maximum absolute atomic E-state index is 13.1. The SMILES string of the molecule is Cc1cc(/C=C2\SC(=O)N(Cc3ccc(F)cc3)C2=O)c(C)n1-c1ccccc1. The van der Waals surface area contributed by atoms with Gasteiger partial charge in [0, 0.05) is 17.1 Å². The van der Waals surface area contributed by atoms with E-state index in [1.165, 1.54) is 17.0 Å². The smallest absolute Gasteiger partial charge is 0.293 e. The molecule has 0 aliphatic carbocycles. The highest BCUT2D eigenvalue weighted by atomic mass is 32.2. The maximum Gasteiger partial charge on any atom is 0.293 e. The molecule has 0 spiro atoms. The number of halogens is 1. The molecule has 146 valence electrons. The number of nitrogens with zero attached hydrogens (tertiary/aromatic N) is 2. The van der Waals surface area contributed by atoms with Gasteiger partial charge in [-0.05, 0) is 73.1 Å². The fraction of sp³-hybridized carbons (Fsp3) is 0.130. The average molecular weight is 406 g/mol.